The van der Waals surface area contributed by atoms with Gasteiger partial charge < -0.3 is 0 Å². The molecule has 0 aromatic heterocycles. The molecule has 0 spiro atoms. The van der Waals surface area contributed by atoms with Crippen molar-refractivity contribution >= 4 is 0 Å². The Morgan fingerprint density at radius 1 is 1.24 bits per heavy atom. The van der Waals surface area contributed by atoms with E-state index >= 15 is 0 Å². The van der Waals surface area contributed by atoms with Crippen molar-refractivity contribution in [1.29, 1.82) is 0 Å². The highest BCUT2D eigenvalue weighted by Crippen LogP contribution is 2.20. The third-order valence-corrected chi connectivity index (χ3v) is 3.09. The van der Waals surface area contributed by atoms with Crippen LogP contribution in [-0.4, -0.2) is 5.54 Å². The molecule has 0 saturated heterocycles. The molecule has 0 radical (unpaired) electrons. The van der Waals surface area contributed by atoms with Crippen LogP contribution in [0.2, 0.25) is 0 Å². The molecule has 92 valence electrons. The van der Waals surface area contributed by atoms with Crippen LogP contribution in [0.5, 0.6) is 0 Å². The topological polar surface area (TPSA) is 12.0 Å². The molecule has 0 bridgehead atoms. The molecular weight excluding hydrogens is 206 g/mol. The van der Waals surface area contributed by atoms with Crippen LogP contribution in [0, 0.1) is 12.3 Å². The highest BCUT2D eigenvalue weighted by molar-refractivity contribution is 5.26. The maximum Gasteiger partial charge on any atom is 0.0745 e. The Hall–Kier alpha value is -1.26. The predicted octanol–water partition coefficient (Wildman–Crippen LogP) is 3.70. The third kappa shape index (κ3) is 3.91. The summed E-state index contributed by atoms with van der Waals surface area (Å²) in [6.45, 7) is 8.43. The Kier molecular flexibility index (Phi) is 4.78. The van der Waals surface area contributed by atoms with Gasteiger partial charge in [0.25, 0.3) is 0 Å². The minimum absolute atomic E-state index is 0.260. The molecule has 0 heterocycles. The summed E-state index contributed by atoms with van der Waals surface area (Å²) in [6, 6.07) is 9.12. The fourth-order valence-corrected chi connectivity index (χ4v) is 1.88. The van der Waals surface area contributed by atoms with Crippen LogP contribution < -0.4 is 5.32 Å². The fourth-order valence-electron chi connectivity index (χ4n) is 1.88. The first-order valence-corrected chi connectivity index (χ1v) is 6.36. The molecule has 0 aliphatic heterocycles. The van der Waals surface area contributed by atoms with Gasteiger partial charge in [-0.1, -0.05) is 44.0 Å². The van der Waals surface area contributed by atoms with E-state index in [1.807, 2.05) is 13.8 Å². The molecule has 1 aromatic carbocycles. The van der Waals surface area contributed by atoms with Gasteiger partial charge in [-0.25, -0.2) is 0 Å². The van der Waals surface area contributed by atoms with E-state index in [9.17, 15) is 0 Å². The molecule has 17 heavy (non-hydrogen) atoms. The molecule has 1 atom stereocenters. The van der Waals surface area contributed by atoms with Crippen molar-refractivity contribution in [1.82, 2.24) is 5.32 Å². The van der Waals surface area contributed by atoms with Gasteiger partial charge in [0, 0.05) is 6.04 Å². The van der Waals surface area contributed by atoms with Gasteiger partial charge in [-0.05, 0) is 37.8 Å². The SMILES string of the molecule is C#CC(C)(C)NC(CC)c1ccc(CC)cc1. The van der Waals surface area contributed by atoms with E-state index in [0.29, 0.717) is 6.04 Å². The van der Waals surface area contributed by atoms with Crippen LogP contribution in [0.25, 0.3) is 0 Å². The Labute approximate surface area is 106 Å². The van der Waals surface area contributed by atoms with Gasteiger partial charge in [-0.15, -0.1) is 6.42 Å². The lowest BCUT2D eigenvalue weighted by atomic mass is 9.98. The first kappa shape index (κ1) is 13.8. The Morgan fingerprint density at radius 3 is 2.24 bits per heavy atom. The van der Waals surface area contributed by atoms with Crippen molar-refractivity contribution in [2.45, 2.75) is 52.1 Å². The molecule has 1 unspecified atom stereocenters. The first-order valence-electron chi connectivity index (χ1n) is 6.36. The van der Waals surface area contributed by atoms with Crippen molar-refractivity contribution in [2.24, 2.45) is 0 Å². The Balaban J connectivity index is 2.83. The van der Waals surface area contributed by atoms with Crippen molar-refractivity contribution in [2.75, 3.05) is 0 Å². The summed E-state index contributed by atoms with van der Waals surface area (Å²) < 4.78 is 0. The average molecular weight is 229 g/mol. The standard InChI is InChI=1S/C16H23N/c1-6-13-9-11-14(12-10-13)15(7-2)17-16(4,5)8-3/h3,9-12,15,17H,6-7H2,1-2,4-5H3. The average Bonchev–Trinajstić information content (AvgIpc) is 2.36. The lowest BCUT2D eigenvalue weighted by Crippen LogP contribution is -2.40. The van der Waals surface area contributed by atoms with E-state index in [2.05, 4.69) is 49.4 Å². The zero-order chi connectivity index (χ0) is 12.9. The highest BCUT2D eigenvalue weighted by atomic mass is 15.0. The summed E-state index contributed by atoms with van der Waals surface area (Å²) in [4.78, 5) is 0. The summed E-state index contributed by atoms with van der Waals surface area (Å²) in [5.74, 6) is 2.79. The smallest absolute Gasteiger partial charge is 0.0745 e. The highest BCUT2D eigenvalue weighted by Gasteiger charge is 2.19. The van der Waals surface area contributed by atoms with Crippen molar-refractivity contribution in [3.63, 3.8) is 0 Å². The van der Waals surface area contributed by atoms with Crippen LogP contribution in [0.15, 0.2) is 24.3 Å². The Bertz CT molecular complexity index is 381. The number of nitrogens with one attached hydrogen (secondary N) is 1. The van der Waals surface area contributed by atoms with E-state index in [1.165, 1.54) is 11.1 Å². The summed E-state index contributed by atoms with van der Waals surface area (Å²) in [6.07, 6.45) is 7.64. The second kappa shape index (κ2) is 5.89. The minimum Gasteiger partial charge on any atom is -0.295 e. The lowest BCUT2D eigenvalue weighted by molar-refractivity contribution is 0.403. The van der Waals surface area contributed by atoms with Crippen molar-refractivity contribution in [3.8, 4) is 12.3 Å². The number of hydrogen-bond donors (Lipinski definition) is 1. The van der Waals surface area contributed by atoms with Crippen molar-refractivity contribution in [3.05, 3.63) is 35.4 Å². The molecular formula is C16H23N. The van der Waals surface area contributed by atoms with Crippen LogP contribution >= 0.6 is 0 Å². The molecule has 0 fully saturated rings. The normalized spacial score (nSPS) is 13.1. The Morgan fingerprint density at radius 2 is 1.82 bits per heavy atom. The molecule has 1 nitrogen and oxygen atoms in total. The molecule has 0 aliphatic rings. The molecule has 1 aromatic rings. The summed E-state index contributed by atoms with van der Waals surface area (Å²) >= 11 is 0. The maximum atomic E-state index is 5.52. The van der Waals surface area contributed by atoms with Crippen LogP contribution in [-0.2, 0) is 6.42 Å². The predicted molar refractivity (Wildman–Crippen MR) is 74.9 cm³/mol. The monoisotopic (exact) mass is 229 g/mol. The molecule has 0 saturated carbocycles. The van der Waals surface area contributed by atoms with Crippen LogP contribution in [0.4, 0.5) is 0 Å². The van der Waals surface area contributed by atoms with Crippen LogP contribution in [0.3, 0.4) is 0 Å². The molecule has 0 aliphatic carbocycles. The van der Waals surface area contributed by atoms with Gasteiger partial charge >= 0.3 is 0 Å². The maximum absolute atomic E-state index is 5.52. The zero-order valence-corrected chi connectivity index (χ0v) is 11.4. The van der Waals surface area contributed by atoms with E-state index in [0.717, 1.165) is 12.8 Å². The third-order valence-electron chi connectivity index (χ3n) is 3.09. The first-order chi connectivity index (χ1) is 8.02. The second-order valence-corrected chi connectivity index (χ2v) is 4.97. The largest absolute Gasteiger partial charge is 0.295 e. The second-order valence-electron chi connectivity index (χ2n) is 4.97. The van der Waals surface area contributed by atoms with Gasteiger partial charge in [0.2, 0.25) is 0 Å². The number of benzene rings is 1. The van der Waals surface area contributed by atoms with Gasteiger partial charge in [0.05, 0.1) is 5.54 Å². The summed E-state index contributed by atoms with van der Waals surface area (Å²) in [5.41, 5.74) is 2.43. The zero-order valence-electron chi connectivity index (χ0n) is 11.4. The number of hydrogen-bond acceptors (Lipinski definition) is 1. The molecule has 0 amide bonds. The fraction of sp³-hybridized carbons (Fsp3) is 0.500. The van der Waals surface area contributed by atoms with E-state index in [1.54, 1.807) is 0 Å². The van der Waals surface area contributed by atoms with Crippen molar-refractivity contribution < 1.29 is 0 Å². The van der Waals surface area contributed by atoms with Gasteiger partial charge in [0.15, 0.2) is 0 Å². The number of aryl methyl sites for hydroxylation is 1. The summed E-state index contributed by atoms with van der Waals surface area (Å²) in [7, 11) is 0. The minimum atomic E-state index is -0.260. The quantitative estimate of drug-likeness (QED) is 0.759. The van der Waals surface area contributed by atoms with E-state index in [4.69, 9.17) is 6.42 Å². The summed E-state index contributed by atoms with van der Waals surface area (Å²) in [5, 5.41) is 3.51. The molecule has 1 N–H and O–H groups in total. The number of terminal acetylenes is 1. The van der Waals surface area contributed by atoms with Gasteiger partial charge in [-0.3, -0.25) is 5.32 Å². The van der Waals surface area contributed by atoms with Gasteiger partial charge in [0.1, 0.15) is 0 Å². The molecule has 1 rings (SSSR count). The van der Waals surface area contributed by atoms with Gasteiger partial charge in [-0.2, -0.15) is 0 Å². The van der Waals surface area contributed by atoms with E-state index in [-0.39, 0.29) is 5.54 Å². The lowest BCUT2D eigenvalue weighted by Gasteiger charge is -2.27. The number of rotatable bonds is 5. The van der Waals surface area contributed by atoms with Crippen LogP contribution in [0.1, 0.15) is 51.3 Å². The van der Waals surface area contributed by atoms with E-state index < -0.39 is 0 Å². The molecule has 1 heteroatoms.